The molecule has 0 saturated carbocycles. The van der Waals surface area contributed by atoms with E-state index in [1.165, 1.54) is 0 Å². The Balaban J connectivity index is 3.13. The minimum atomic E-state index is -0.765. The van der Waals surface area contributed by atoms with Gasteiger partial charge in [-0.2, -0.15) is 0 Å². The van der Waals surface area contributed by atoms with Gasteiger partial charge in [-0.3, -0.25) is 19.9 Å². The van der Waals surface area contributed by atoms with Gasteiger partial charge in [0, 0.05) is 0 Å². The Kier molecular flexibility index (Phi) is 2.41. The lowest BCUT2D eigenvalue weighted by Crippen LogP contribution is -2.19. The normalized spacial score (nSPS) is 15.9. The summed E-state index contributed by atoms with van der Waals surface area (Å²) >= 11 is 0. The molecular weight excluding hydrogens is 174 g/mol. The summed E-state index contributed by atoms with van der Waals surface area (Å²) in [5, 5.41) is 10.5. The number of amides is 1. The second-order valence-corrected chi connectivity index (χ2v) is 2.56. The molecular formula is C7H9N3O3. The lowest BCUT2D eigenvalue weighted by atomic mass is 10.1. The highest BCUT2D eigenvalue weighted by Crippen LogP contribution is 2.17. The maximum Gasteiger partial charge on any atom is 0.300 e. The van der Waals surface area contributed by atoms with Gasteiger partial charge in [-0.25, -0.2) is 0 Å². The number of hydrogen-bond donors (Lipinski definition) is 1. The van der Waals surface area contributed by atoms with Crippen LogP contribution in [0, 0.1) is 10.1 Å². The van der Waals surface area contributed by atoms with Crippen LogP contribution in [0.3, 0.4) is 0 Å². The second-order valence-electron chi connectivity index (χ2n) is 2.56. The molecule has 6 heteroatoms. The van der Waals surface area contributed by atoms with Gasteiger partial charge >= 0.3 is 5.70 Å². The molecule has 0 aromatic carbocycles. The molecule has 0 radical (unpaired) electrons. The Morgan fingerprint density at radius 3 is 2.77 bits per heavy atom. The van der Waals surface area contributed by atoms with E-state index < -0.39 is 10.8 Å². The molecule has 13 heavy (non-hydrogen) atoms. The van der Waals surface area contributed by atoms with Crippen LogP contribution in [-0.4, -0.2) is 23.1 Å². The van der Waals surface area contributed by atoms with Crippen molar-refractivity contribution in [2.75, 3.05) is 6.54 Å². The number of nitrogens with zero attached hydrogens (tertiary/aromatic N) is 2. The molecule has 6 nitrogen and oxygen atoms in total. The lowest BCUT2D eigenvalue weighted by Gasteiger charge is -1.95. The van der Waals surface area contributed by atoms with E-state index in [1.807, 2.05) is 0 Å². The summed E-state index contributed by atoms with van der Waals surface area (Å²) in [4.78, 5) is 24.6. The third-order valence-corrected chi connectivity index (χ3v) is 1.80. The zero-order valence-electron chi connectivity index (χ0n) is 7.11. The Morgan fingerprint density at radius 1 is 1.77 bits per heavy atom. The van der Waals surface area contributed by atoms with E-state index in [9.17, 15) is 14.9 Å². The van der Waals surface area contributed by atoms with E-state index in [0.717, 1.165) is 0 Å². The summed E-state index contributed by atoms with van der Waals surface area (Å²) in [6.07, 6.45) is 0.438. The van der Waals surface area contributed by atoms with Crippen LogP contribution in [-0.2, 0) is 4.79 Å². The van der Waals surface area contributed by atoms with Crippen molar-refractivity contribution in [1.29, 1.82) is 0 Å². The average molecular weight is 183 g/mol. The second kappa shape index (κ2) is 3.34. The molecule has 0 spiro atoms. The molecule has 70 valence electrons. The molecule has 0 atom stereocenters. The van der Waals surface area contributed by atoms with Crippen LogP contribution in [0.1, 0.15) is 13.3 Å². The van der Waals surface area contributed by atoms with Crippen molar-refractivity contribution < 1.29 is 9.72 Å². The monoisotopic (exact) mass is 183 g/mol. The summed E-state index contributed by atoms with van der Waals surface area (Å²) in [6, 6.07) is 0. The number of aliphatic imine (C=N–C) groups is 1. The van der Waals surface area contributed by atoms with Crippen LogP contribution in [0.15, 0.2) is 16.3 Å². The quantitative estimate of drug-likeness (QED) is 0.487. The first-order chi connectivity index (χ1) is 6.07. The van der Waals surface area contributed by atoms with E-state index in [2.05, 4.69) is 4.99 Å². The maximum absolute atomic E-state index is 10.8. The number of nitro groups is 1. The first-order valence-electron chi connectivity index (χ1n) is 3.79. The van der Waals surface area contributed by atoms with Crippen LogP contribution >= 0.6 is 0 Å². The Morgan fingerprint density at radius 2 is 2.38 bits per heavy atom. The highest BCUT2D eigenvalue weighted by Gasteiger charge is 2.31. The number of allylic oxidation sites excluding steroid dienone is 1. The van der Waals surface area contributed by atoms with Gasteiger partial charge in [0.15, 0.2) is 0 Å². The number of nitrogens with two attached hydrogens (primary N) is 1. The molecule has 0 unspecified atom stereocenters. The Bertz CT molecular complexity index is 330. The lowest BCUT2D eigenvalue weighted by molar-refractivity contribution is -0.415. The minimum Gasteiger partial charge on any atom is -0.366 e. The van der Waals surface area contributed by atoms with Crippen LogP contribution < -0.4 is 5.73 Å². The van der Waals surface area contributed by atoms with Crippen LogP contribution in [0.2, 0.25) is 0 Å². The SMILES string of the molecule is CCC1=NCC(C(N)=O)=C1[N+](=O)[O-]. The molecule has 0 saturated heterocycles. The summed E-state index contributed by atoms with van der Waals surface area (Å²) in [5.74, 6) is -0.765. The van der Waals surface area contributed by atoms with E-state index in [-0.39, 0.29) is 17.8 Å². The van der Waals surface area contributed by atoms with Gasteiger partial charge < -0.3 is 5.73 Å². The van der Waals surface area contributed by atoms with Crippen molar-refractivity contribution in [2.45, 2.75) is 13.3 Å². The Labute approximate surface area is 74.3 Å². The molecule has 0 aliphatic carbocycles. The van der Waals surface area contributed by atoms with Gasteiger partial charge in [-0.05, 0) is 6.42 Å². The van der Waals surface area contributed by atoms with Crippen molar-refractivity contribution >= 4 is 11.6 Å². The van der Waals surface area contributed by atoms with Crippen molar-refractivity contribution in [3.05, 3.63) is 21.4 Å². The van der Waals surface area contributed by atoms with Gasteiger partial charge in [0.25, 0.3) is 5.91 Å². The molecule has 1 amide bonds. The van der Waals surface area contributed by atoms with Gasteiger partial charge in [-0.15, -0.1) is 0 Å². The summed E-state index contributed by atoms with van der Waals surface area (Å²) in [5.41, 5.74) is 5.10. The number of hydrogen-bond acceptors (Lipinski definition) is 4. The van der Waals surface area contributed by atoms with Crippen LogP contribution in [0.5, 0.6) is 0 Å². The molecule has 0 bridgehead atoms. The van der Waals surface area contributed by atoms with Gasteiger partial charge in [0.05, 0.1) is 11.5 Å². The van der Waals surface area contributed by atoms with Gasteiger partial charge in [0.1, 0.15) is 11.3 Å². The molecule has 0 fully saturated rings. The van der Waals surface area contributed by atoms with Gasteiger partial charge in [-0.1, -0.05) is 6.92 Å². The predicted octanol–water partition coefficient (Wildman–Crippen LogP) is -0.133. The standard InChI is InChI=1S/C7H9N3O3/c1-2-5-6(10(12)13)4(3-9-5)7(8)11/h2-3H2,1H3,(H2,8,11). The van der Waals surface area contributed by atoms with E-state index >= 15 is 0 Å². The highest BCUT2D eigenvalue weighted by molar-refractivity contribution is 6.08. The van der Waals surface area contributed by atoms with E-state index in [0.29, 0.717) is 12.1 Å². The average Bonchev–Trinajstić information content (AvgIpc) is 2.46. The van der Waals surface area contributed by atoms with Crippen molar-refractivity contribution in [1.82, 2.24) is 0 Å². The molecule has 1 aliphatic rings. The molecule has 1 rings (SSSR count). The minimum absolute atomic E-state index is 0.00171. The molecule has 0 aromatic rings. The van der Waals surface area contributed by atoms with E-state index in [1.54, 1.807) is 6.92 Å². The fraction of sp³-hybridized carbons (Fsp3) is 0.429. The third-order valence-electron chi connectivity index (χ3n) is 1.80. The first kappa shape index (κ1) is 9.37. The van der Waals surface area contributed by atoms with Gasteiger partial charge in [0.2, 0.25) is 0 Å². The fourth-order valence-electron chi connectivity index (χ4n) is 1.19. The molecule has 1 aliphatic heterocycles. The number of carbonyl (C=O) groups excluding carboxylic acids is 1. The topological polar surface area (TPSA) is 98.6 Å². The van der Waals surface area contributed by atoms with E-state index in [4.69, 9.17) is 5.73 Å². The number of carbonyl (C=O) groups is 1. The molecule has 0 aromatic heterocycles. The Hall–Kier alpha value is -1.72. The van der Waals surface area contributed by atoms with Crippen molar-refractivity contribution in [2.24, 2.45) is 10.7 Å². The molecule has 2 N–H and O–H groups in total. The number of rotatable bonds is 3. The van der Waals surface area contributed by atoms with Crippen LogP contribution in [0.4, 0.5) is 0 Å². The zero-order valence-corrected chi connectivity index (χ0v) is 7.11. The zero-order chi connectivity index (χ0) is 10.0. The highest BCUT2D eigenvalue weighted by atomic mass is 16.6. The smallest absolute Gasteiger partial charge is 0.300 e. The molecule has 1 heterocycles. The fourth-order valence-corrected chi connectivity index (χ4v) is 1.19. The van der Waals surface area contributed by atoms with Crippen molar-refractivity contribution in [3.8, 4) is 0 Å². The first-order valence-corrected chi connectivity index (χ1v) is 3.79. The van der Waals surface area contributed by atoms with Crippen LogP contribution in [0.25, 0.3) is 0 Å². The number of primary amides is 1. The summed E-state index contributed by atoms with van der Waals surface area (Å²) < 4.78 is 0. The summed E-state index contributed by atoms with van der Waals surface area (Å²) in [6.45, 7) is 1.78. The maximum atomic E-state index is 10.8. The predicted molar refractivity (Wildman–Crippen MR) is 45.8 cm³/mol. The third kappa shape index (κ3) is 1.56. The van der Waals surface area contributed by atoms with Crippen molar-refractivity contribution in [3.63, 3.8) is 0 Å². The largest absolute Gasteiger partial charge is 0.366 e. The summed E-state index contributed by atoms with van der Waals surface area (Å²) in [7, 11) is 0.